The van der Waals surface area contributed by atoms with Crippen molar-refractivity contribution in [1.82, 2.24) is 0 Å². The number of anilines is 1. The molecule has 0 radical (unpaired) electrons. The zero-order chi connectivity index (χ0) is 14.7. The van der Waals surface area contributed by atoms with Gasteiger partial charge in [-0.05, 0) is 24.3 Å². The number of nitrogen functional groups attached to an aromatic ring is 1. The average Bonchev–Trinajstić information content (AvgIpc) is 2.44. The Hall–Kier alpha value is -3.02. The van der Waals surface area contributed by atoms with E-state index in [1.165, 1.54) is 24.3 Å². The highest BCUT2D eigenvalue weighted by Gasteiger charge is 2.20. The van der Waals surface area contributed by atoms with Crippen LogP contribution in [-0.4, -0.2) is 22.5 Å². The second kappa shape index (κ2) is 5.31. The number of rotatable bonds is 4. The monoisotopic (exact) mass is 273 g/mol. The van der Waals surface area contributed by atoms with Crippen LogP contribution in [0.5, 0.6) is 17.2 Å². The predicted molar refractivity (Wildman–Crippen MR) is 70.8 cm³/mol. The highest BCUT2D eigenvalue weighted by atomic mass is 16.5. The third kappa shape index (κ3) is 2.26. The molecule has 0 bridgehead atoms. The number of benzene rings is 2. The molecule has 0 aliphatic heterocycles. The summed E-state index contributed by atoms with van der Waals surface area (Å²) >= 11 is 0. The van der Waals surface area contributed by atoms with E-state index in [1.807, 2.05) is 0 Å². The van der Waals surface area contributed by atoms with Crippen molar-refractivity contribution in [3.63, 3.8) is 0 Å². The van der Waals surface area contributed by atoms with E-state index in [0.29, 0.717) is 0 Å². The minimum absolute atomic E-state index is 0.0336. The van der Waals surface area contributed by atoms with Crippen molar-refractivity contribution in [1.29, 1.82) is 0 Å². The van der Waals surface area contributed by atoms with E-state index in [-0.39, 0.29) is 34.8 Å². The largest absolute Gasteiger partial charge is 0.507 e. The topological polar surface area (TPSA) is 110 Å². The molecule has 0 atom stereocenters. The second-order valence-electron chi connectivity index (χ2n) is 3.93. The average molecular weight is 273 g/mol. The van der Waals surface area contributed by atoms with Gasteiger partial charge in [0.1, 0.15) is 11.4 Å². The number of phenolic OH excluding ortho intramolecular Hbond substituents is 2. The van der Waals surface area contributed by atoms with Gasteiger partial charge in [-0.15, -0.1) is 0 Å². The molecule has 0 aromatic heterocycles. The minimum atomic E-state index is -0.593. The maximum atomic E-state index is 12.2. The fourth-order valence-electron chi connectivity index (χ4n) is 1.74. The number of hydrogen-bond acceptors (Lipinski definition) is 6. The summed E-state index contributed by atoms with van der Waals surface area (Å²) in [5, 5.41) is 19.5. The number of phenols is 2. The van der Waals surface area contributed by atoms with E-state index >= 15 is 0 Å². The summed E-state index contributed by atoms with van der Waals surface area (Å²) in [6, 6.07) is 8.48. The Morgan fingerprint density at radius 3 is 2.45 bits per heavy atom. The lowest BCUT2D eigenvalue weighted by atomic mass is 10.0. The molecule has 0 aliphatic rings. The van der Waals surface area contributed by atoms with Crippen molar-refractivity contribution in [2.45, 2.75) is 0 Å². The van der Waals surface area contributed by atoms with E-state index in [1.54, 1.807) is 12.1 Å². The SMILES string of the molecule is Nc1c(OC=O)ccc(C(=O)c2ccccc2O)c1O. The van der Waals surface area contributed by atoms with E-state index in [4.69, 9.17) is 5.73 Å². The van der Waals surface area contributed by atoms with Gasteiger partial charge in [0.15, 0.2) is 11.5 Å². The Kier molecular flexibility index (Phi) is 3.56. The minimum Gasteiger partial charge on any atom is -0.507 e. The summed E-state index contributed by atoms with van der Waals surface area (Å²) in [4.78, 5) is 22.5. The van der Waals surface area contributed by atoms with Crippen molar-refractivity contribution >= 4 is 17.9 Å². The van der Waals surface area contributed by atoms with Gasteiger partial charge in [-0.25, -0.2) is 0 Å². The second-order valence-corrected chi connectivity index (χ2v) is 3.93. The Morgan fingerprint density at radius 1 is 1.10 bits per heavy atom. The first-order chi connectivity index (χ1) is 9.56. The van der Waals surface area contributed by atoms with Crippen molar-refractivity contribution in [3.05, 3.63) is 47.5 Å². The number of aromatic hydroxyl groups is 2. The lowest BCUT2D eigenvalue weighted by Gasteiger charge is -2.10. The third-order valence-electron chi connectivity index (χ3n) is 2.75. The Morgan fingerprint density at radius 2 is 1.80 bits per heavy atom. The zero-order valence-electron chi connectivity index (χ0n) is 10.2. The number of nitrogens with two attached hydrogens (primary N) is 1. The van der Waals surface area contributed by atoms with Crippen LogP contribution in [0.2, 0.25) is 0 Å². The molecule has 0 saturated heterocycles. The van der Waals surface area contributed by atoms with Crippen LogP contribution in [0.15, 0.2) is 36.4 Å². The van der Waals surface area contributed by atoms with Gasteiger partial charge >= 0.3 is 0 Å². The molecular formula is C14H11NO5. The summed E-state index contributed by atoms with van der Waals surface area (Å²) in [6.45, 7) is 0.162. The predicted octanol–water partition coefficient (Wildman–Crippen LogP) is 1.45. The first-order valence-electron chi connectivity index (χ1n) is 5.60. The molecule has 0 heterocycles. The molecule has 6 nitrogen and oxygen atoms in total. The molecule has 102 valence electrons. The molecule has 2 aromatic rings. The smallest absolute Gasteiger partial charge is 0.298 e. The maximum absolute atomic E-state index is 12.2. The Balaban J connectivity index is 2.49. The number of carbonyl (C=O) groups excluding carboxylic acids is 2. The maximum Gasteiger partial charge on any atom is 0.298 e. The van der Waals surface area contributed by atoms with Crippen LogP contribution < -0.4 is 10.5 Å². The van der Waals surface area contributed by atoms with Gasteiger partial charge in [0.05, 0.1) is 11.1 Å². The molecule has 0 spiro atoms. The highest BCUT2D eigenvalue weighted by molar-refractivity contribution is 6.13. The summed E-state index contributed by atoms with van der Waals surface area (Å²) in [5.74, 6) is -1.35. The van der Waals surface area contributed by atoms with E-state index in [9.17, 15) is 19.8 Å². The summed E-state index contributed by atoms with van der Waals surface area (Å²) in [6.07, 6.45) is 0. The van der Waals surface area contributed by atoms with E-state index < -0.39 is 11.5 Å². The van der Waals surface area contributed by atoms with Gasteiger partial charge in [0, 0.05) is 0 Å². The van der Waals surface area contributed by atoms with Gasteiger partial charge in [-0.1, -0.05) is 12.1 Å². The van der Waals surface area contributed by atoms with Gasteiger partial charge in [-0.2, -0.15) is 0 Å². The van der Waals surface area contributed by atoms with Crippen LogP contribution in [0, 0.1) is 0 Å². The summed E-state index contributed by atoms with van der Waals surface area (Å²) in [5.41, 5.74) is 5.29. The van der Waals surface area contributed by atoms with Crippen LogP contribution in [0.1, 0.15) is 15.9 Å². The molecule has 0 fully saturated rings. The molecule has 6 heteroatoms. The third-order valence-corrected chi connectivity index (χ3v) is 2.75. The number of ketones is 1. The standard InChI is InChI=1S/C14H11NO5/c15-12-11(20-7-16)6-5-9(14(12)19)13(18)8-3-1-2-4-10(8)17/h1-7,17,19H,15H2. The Labute approximate surface area is 114 Å². The number of ether oxygens (including phenoxy) is 1. The van der Waals surface area contributed by atoms with Crippen LogP contribution >= 0.6 is 0 Å². The summed E-state index contributed by atoms with van der Waals surface area (Å²) in [7, 11) is 0. The van der Waals surface area contributed by atoms with E-state index in [2.05, 4.69) is 4.74 Å². The molecule has 0 amide bonds. The molecular weight excluding hydrogens is 262 g/mol. The lowest BCUT2D eigenvalue weighted by molar-refractivity contribution is -0.120. The molecule has 2 aromatic carbocycles. The molecule has 4 N–H and O–H groups in total. The normalized spacial score (nSPS) is 10.0. The van der Waals surface area contributed by atoms with Gasteiger partial charge in [0.2, 0.25) is 5.78 Å². The van der Waals surface area contributed by atoms with Crippen LogP contribution in [0.4, 0.5) is 5.69 Å². The molecule has 0 aliphatic carbocycles. The molecule has 0 saturated carbocycles. The number of carbonyl (C=O) groups is 2. The van der Waals surface area contributed by atoms with Crippen molar-refractivity contribution in [3.8, 4) is 17.2 Å². The van der Waals surface area contributed by atoms with Crippen LogP contribution in [-0.2, 0) is 4.79 Å². The quantitative estimate of drug-likeness (QED) is 0.336. The van der Waals surface area contributed by atoms with Crippen molar-refractivity contribution < 1.29 is 24.5 Å². The molecule has 2 rings (SSSR count). The van der Waals surface area contributed by atoms with Gasteiger partial charge in [-0.3, -0.25) is 9.59 Å². The first kappa shape index (κ1) is 13.4. The summed E-state index contributed by atoms with van der Waals surface area (Å²) < 4.78 is 4.56. The fraction of sp³-hybridized carbons (Fsp3) is 0. The van der Waals surface area contributed by atoms with Crippen LogP contribution in [0.25, 0.3) is 0 Å². The molecule has 0 unspecified atom stereocenters. The first-order valence-corrected chi connectivity index (χ1v) is 5.60. The van der Waals surface area contributed by atoms with Crippen molar-refractivity contribution in [2.75, 3.05) is 5.73 Å². The zero-order valence-corrected chi connectivity index (χ0v) is 10.2. The van der Waals surface area contributed by atoms with Gasteiger partial charge in [0.25, 0.3) is 6.47 Å². The van der Waals surface area contributed by atoms with E-state index in [0.717, 1.165) is 0 Å². The van der Waals surface area contributed by atoms with Crippen molar-refractivity contribution in [2.24, 2.45) is 0 Å². The number of hydrogen-bond donors (Lipinski definition) is 3. The van der Waals surface area contributed by atoms with Gasteiger partial charge < -0.3 is 20.7 Å². The highest BCUT2D eigenvalue weighted by Crippen LogP contribution is 2.35. The number of para-hydroxylation sites is 1. The Bertz CT molecular complexity index is 681. The molecule has 20 heavy (non-hydrogen) atoms. The van der Waals surface area contributed by atoms with Crippen LogP contribution in [0.3, 0.4) is 0 Å². The lowest BCUT2D eigenvalue weighted by Crippen LogP contribution is -2.05. The fourth-order valence-corrected chi connectivity index (χ4v) is 1.74.